The molecule has 2 rings (SSSR count). The van der Waals surface area contributed by atoms with Gasteiger partial charge >= 0.3 is 17.1 Å². The molecule has 0 amide bonds. The summed E-state index contributed by atoms with van der Waals surface area (Å²) in [7, 11) is -1.96. The van der Waals surface area contributed by atoms with E-state index in [2.05, 4.69) is 88.5 Å². The van der Waals surface area contributed by atoms with E-state index in [9.17, 15) is 0 Å². The Labute approximate surface area is 132 Å². The quantitative estimate of drug-likeness (QED) is 0.558. The summed E-state index contributed by atoms with van der Waals surface area (Å²) in [6, 6.07) is 8.69. The van der Waals surface area contributed by atoms with Crippen LogP contribution in [0.4, 0.5) is 0 Å². The first kappa shape index (κ1) is 18.9. The van der Waals surface area contributed by atoms with Gasteiger partial charge in [0.1, 0.15) is 0 Å². The molecule has 0 spiro atoms. The zero-order valence-electron chi connectivity index (χ0n) is 13.0. The summed E-state index contributed by atoms with van der Waals surface area (Å²) < 4.78 is 0. The fraction of sp³-hybridized carbons (Fsp3) is 0.375. The first-order valence-corrected chi connectivity index (χ1v) is 13.7. The van der Waals surface area contributed by atoms with Crippen molar-refractivity contribution in [1.82, 2.24) is 0 Å². The van der Waals surface area contributed by atoms with Crippen LogP contribution in [0.3, 0.4) is 0 Å². The molecule has 0 saturated heterocycles. The molecule has 0 unspecified atom stereocenters. The Bertz CT molecular complexity index is 358. The molecule has 1 aliphatic rings. The Morgan fingerprint density at radius 3 is 1.79 bits per heavy atom. The Morgan fingerprint density at radius 2 is 1.58 bits per heavy atom. The van der Waals surface area contributed by atoms with Crippen LogP contribution in [0.2, 0.25) is 39.3 Å². The van der Waals surface area contributed by atoms with Gasteiger partial charge in [0.2, 0.25) is 0 Å². The van der Waals surface area contributed by atoms with Crippen molar-refractivity contribution in [2.24, 2.45) is 0 Å². The molecule has 0 aromatic heterocycles. The Kier molecular flexibility index (Phi) is 7.60. The van der Waals surface area contributed by atoms with Gasteiger partial charge in [-0.1, -0.05) is 39.3 Å². The van der Waals surface area contributed by atoms with Gasteiger partial charge in [0, 0.05) is 8.07 Å². The van der Waals surface area contributed by atoms with Crippen LogP contribution < -0.4 is 5.19 Å². The third-order valence-electron chi connectivity index (χ3n) is 3.06. The summed E-state index contributed by atoms with van der Waals surface area (Å²) in [6.07, 6.45) is 8.69. The van der Waals surface area contributed by atoms with Crippen molar-refractivity contribution in [2.75, 3.05) is 0 Å². The monoisotopic (exact) mass is 329 g/mol. The van der Waals surface area contributed by atoms with Crippen LogP contribution in [0.5, 0.6) is 0 Å². The largest absolute Gasteiger partial charge is 2.00 e. The summed E-state index contributed by atoms with van der Waals surface area (Å²) in [5.74, 6) is 0. The predicted molar refractivity (Wildman–Crippen MR) is 89.3 cm³/mol. The van der Waals surface area contributed by atoms with Crippen molar-refractivity contribution in [1.29, 1.82) is 0 Å². The van der Waals surface area contributed by atoms with E-state index in [1.54, 1.807) is 10.7 Å². The molecule has 0 bridgehead atoms. The minimum Gasteiger partial charge on any atom is -0.231 e. The van der Waals surface area contributed by atoms with Gasteiger partial charge in [0.25, 0.3) is 0 Å². The molecule has 1 aromatic carbocycles. The summed E-state index contributed by atoms with van der Waals surface area (Å²) in [4.78, 5) is 0. The molecule has 3 heteroatoms. The molecule has 0 aliphatic heterocycles. The zero-order chi connectivity index (χ0) is 13.8. The SMILES string of the molecule is C[Si](C)(C)[C]1[CH]C=C[CH-]1.C[Si](C)(C)c1ccc[cH-]1.[Mn+2]. The molecule has 0 saturated carbocycles. The van der Waals surface area contributed by atoms with Crippen molar-refractivity contribution >= 4 is 21.3 Å². The van der Waals surface area contributed by atoms with E-state index >= 15 is 0 Å². The van der Waals surface area contributed by atoms with Crippen molar-refractivity contribution in [3.8, 4) is 0 Å². The first-order chi connectivity index (χ1) is 8.21. The van der Waals surface area contributed by atoms with Gasteiger partial charge in [0.05, 0.1) is 8.07 Å². The minimum atomic E-state index is -0.981. The van der Waals surface area contributed by atoms with Gasteiger partial charge in [-0.3, -0.25) is 0 Å². The maximum atomic E-state index is 2.36. The second-order valence-corrected chi connectivity index (χ2v) is 17.0. The van der Waals surface area contributed by atoms with Crippen LogP contribution in [-0.4, -0.2) is 16.1 Å². The molecule has 0 fully saturated rings. The molecule has 0 heterocycles. The molecule has 1 aromatic rings. The van der Waals surface area contributed by atoms with Crippen LogP contribution in [0, 0.1) is 18.4 Å². The smallest absolute Gasteiger partial charge is 0.231 e. The molecule has 0 nitrogen and oxygen atoms in total. The summed E-state index contributed by atoms with van der Waals surface area (Å²) in [5.41, 5.74) is 1.56. The number of hydrogen-bond donors (Lipinski definition) is 0. The Hall–Kier alpha value is -0.0868. The standard InChI is InChI=1S/2C8H13Si.Mn/c2*1-9(2,3)8-6-4-5-7-8;/h2*4-7H,1-3H3;/q2*-1;+2. The second-order valence-electron chi connectivity index (χ2n) is 6.85. The molecular weight excluding hydrogens is 303 g/mol. The third-order valence-corrected chi connectivity index (χ3v) is 7.19. The molecular formula is C16H26MnSi2. The maximum absolute atomic E-state index is 2.36. The molecule has 1 aliphatic carbocycles. The van der Waals surface area contributed by atoms with Crippen molar-refractivity contribution in [2.45, 2.75) is 39.3 Å². The van der Waals surface area contributed by atoms with Gasteiger partial charge in [-0.25, -0.2) is 30.7 Å². The summed E-state index contributed by atoms with van der Waals surface area (Å²) >= 11 is 0. The normalized spacial score (nSPS) is 15.3. The molecule has 0 atom stereocenters. The van der Waals surface area contributed by atoms with Gasteiger partial charge in [-0.2, -0.15) is 17.3 Å². The van der Waals surface area contributed by atoms with Crippen LogP contribution in [-0.2, 0) is 17.1 Å². The third kappa shape index (κ3) is 6.76. The van der Waals surface area contributed by atoms with Gasteiger partial charge < -0.3 is 0 Å². The molecule has 3 radical (unpaired) electrons. The zero-order valence-corrected chi connectivity index (χ0v) is 16.2. The fourth-order valence-electron chi connectivity index (χ4n) is 1.75. The van der Waals surface area contributed by atoms with Gasteiger partial charge in [-0.05, 0) is 0 Å². The number of rotatable bonds is 2. The predicted octanol–water partition coefficient (Wildman–Crippen LogP) is 4.36. The van der Waals surface area contributed by atoms with Crippen molar-refractivity contribution < 1.29 is 17.1 Å². The first-order valence-electron chi connectivity index (χ1n) is 6.65. The average Bonchev–Trinajstić information content (AvgIpc) is 2.91. The van der Waals surface area contributed by atoms with E-state index in [4.69, 9.17) is 0 Å². The van der Waals surface area contributed by atoms with Gasteiger partial charge in [0.15, 0.2) is 0 Å². The topological polar surface area (TPSA) is 0 Å². The van der Waals surface area contributed by atoms with Crippen LogP contribution in [0.1, 0.15) is 0 Å². The van der Waals surface area contributed by atoms with E-state index in [1.165, 1.54) is 0 Å². The van der Waals surface area contributed by atoms with Crippen LogP contribution in [0.15, 0.2) is 36.4 Å². The van der Waals surface area contributed by atoms with Crippen LogP contribution in [0.25, 0.3) is 0 Å². The second kappa shape index (κ2) is 7.63. The summed E-state index contributed by atoms with van der Waals surface area (Å²) in [5, 5.41) is 1.56. The van der Waals surface area contributed by atoms with E-state index in [-0.39, 0.29) is 17.1 Å². The van der Waals surface area contributed by atoms with Crippen molar-refractivity contribution in [3.63, 3.8) is 0 Å². The Morgan fingerprint density at radius 1 is 0.947 bits per heavy atom. The van der Waals surface area contributed by atoms with E-state index in [0.717, 1.165) is 0 Å². The number of allylic oxidation sites excluding steroid dienone is 2. The van der Waals surface area contributed by atoms with E-state index in [1.807, 2.05) is 0 Å². The van der Waals surface area contributed by atoms with E-state index < -0.39 is 16.1 Å². The van der Waals surface area contributed by atoms with Crippen molar-refractivity contribution in [3.05, 3.63) is 54.8 Å². The summed E-state index contributed by atoms with van der Waals surface area (Å²) in [6.45, 7) is 14.2. The van der Waals surface area contributed by atoms with E-state index in [0.29, 0.717) is 0 Å². The average molecular weight is 329 g/mol. The van der Waals surface area contributed by atoms with Gasteiger partial charge in [-0.15, -0.1) is 12.0 Å². The number of hydrogen-bond acceptors (Lipinski definition) is 0. The maximum Gasteiger partial charge on any atom is 2.00 e. The Balaban J connectivity index is 0.000000324. The van der Waals surface area contributed by atoms with Crippen LogP contribution >= 0.6 is 0 Å². The molecule has 19 heavy (non-hydrogen) atoms. The minimum absolute atomic E-state index is 0. The fourth-order valence-corrected chi connectivity index (χ4v) is 4.13. The molecule has 105 valence electrons. The molecule has 0 N–H and O–H groups in total.